The number of aldehydes is 1. The minimum absolute atomic E-state index is 0.323. The first kappa shape index (κ1) is 20.1. The fraction of sp³-hybridized carbons (Fsp3) is 0.0870. The van der Waals surface area contributed by atoms with Crippen LogP contribution in [0, 0.1) is 0 Å². The molecule has 4 aromatic rings. The SMILES string of the molecule is CC(C=O)c1cc(Nc2nc(-c3cccnc3)cs2)ccc1Oc1ccc(Cl)cc1. The molecule has 2 aromatic carbocycles. The zero-order valence-electron chi connectivity index (χ0n) is 16.1. The number of ether oxygens (including phenoxy) is 1. The number of halogens is 1. The van der Waals surface area contributed by atoms with E-state index in [-0.39, 0.29) is 5.92 Å². The molecule has 7 heteroatoms. The number of rotatable bonds is 7. The molecule has 0 spiro atoms. The number of carbonyl (C=O) groups is 1. The summed E-state index contributed by atoms with van der Waals surface area (Å²) in [5.41, 5.74) is 3.44. The van der Waals surface area contributed by atoms with Crippen LogP contribution in [0.5, 0.6) is 11.5 Å². The summed E-state index contributed by atoms with van der Waals surface area (Å²) in [5.74, 6) is 0.953. The summed E-state index contributed by atoms with van der Waals surface area (Å²) in [5, 5.41) is 6.68. The van der Waals surface area contributed by atoms with Gasteiger partial charge in [-0.15, -0.1) is 11.3 Å². The van der Waals surface area contributed by atoms with Crippen molar-refractivity contribution in [3.8, 4) is 22.8 Å². The number of nitrogens with zero attached hydrogens (tertiary/aromatic N) is 2. The monoisotopic (exact) mass is 435 g/mol. The molecule has 0 amide bonds. The van der Waals surface area contributed by atoms with E-state index in [1.54, 1.807) is 36.7 Å². The van der Waals surface area contributed by atoms with Gasteiger partial charge in [-0.3, -0.25) is 4.98 Å². The van der Waals surface area contributed by atoms with Gasteiger partial charge in [-0.05, 0) is 54.6 Å². The lowest BCUT2D eigenvalue weighted by Crippen LogP contribution is -2.00. The predicted octanol–water partition coefficient (Wildman–Crippen LogP) is 6.70. The van der Waals surface area contributed by atoms with E-state index >= 15 is 0 Å². The van der Waals surface area contributed by atoms with E-state index in [0.29, 0.717) is 16.5 Å². The summed E-state index contributed by atoms with van der Waals surface area (Å²) in [4.78, 5) is 20.2. The Morgan fingerprint density at radius 1 is 1.17 bits per heavy atom. The Labute approximate surface area is 183 Å². The van der Waals surface area contributed by atoms with Crippen molar-refractivity contribution in [1.82, 2.24) is 9.97 Å². The van der Waals surface area contributed by atoms with Gasteiger partial charge in [0.25, 0.3) is 0 Å². The van der Waals surface area contributed by atoms with E-state index < -0.39 is 0 Å². The van der Waals surface area contributed by atoms with Gasteiger partial charge < -0.3 is 14.8 Å². The number of hydrogen-bond donors (Lipinski definition) is 1. The number of hydrogen-bond acceptors (Lipinski definition) is 6. The lowest BCUT2D eigenvalue weighted by molar-refractivity contribution is -0.108. The molecule has 5 nitrogen and oxygen atoms in total. The van der Waals surface area contributed by atoms with Crippen LogP contribution in [0.25, 0.3) is 11.3 Å². The Bertz CT molecular complexity index is 1150. The molecule has 4 rings (SSSR count). The molecule has 2 heterocycles. The van der Waals surface area contributed by atoms with E-state index in [1.165, 1.54) is 11.3 Å². The topological polar surface area (TPSA) is 64.1 Å². The molecule has 1 unspecified atom stereocenters. The number of thiazole rings is 1. The highest BCUT2D eigenvalue weighted by molar-refractivity contribution is 7.14. The van der Waals surface area contributed by atoms with Gasteiger partial charge in [0, 0.05) is 45.5 Å². The number of anilines is 2. The Morgan fingerprint density at radius 2 is 2.00 bits per heavy atom. The van der Waals surface area contributed by atoms with Crippen molar-refractivity contribution in [2.24, 2.45) is 0 Å². The fourth-order valence-electron chi connectivity index (χ4n) is 2.88. The number of carbonyl (C=O) groups excluding carboxylic acids is 1. The van der Waals surface area contributed by atoms with Gasteiger partial charge in [0.1, 0.15) is 17.8 Å². The second kappa shape index (κ2) is 9.07. The molecule has 0 fully saturated rings. The highest BCUT2D eigenvalue weighted by Crippen LogP contribution is 2.34. The molecular formula is C23H18ClN3O2S. The van der Waals surface area contributed by atoms with Crippen LogP contribution in [0.4, 0.5) is 10.8 Å². The maximum Gasteiger partial charge on any atom is 0.187 e. The summed E-state index contributed by atoms with van der Waals surface area (Å²) < 4.78 is 5.99. The molecule has 0 aliphatic rings. The Hall–Kier alpha value is -3.22. The van der Waals surface area contributed by atoms with Gasteiger partial charge in [0.15, 0.2) is 5.13 Å². The molecule has 0 aliphatic heterocycles. The van der Waals surface area contributed by atoms with E-state index in [0.717, 1.165) is 33.9 Å². The van der Waals surface area contributed by atoms with E-state index in [4.69, 9.17) is 16.3 Å². The van der Waals surface area contributed by atoms with Crippen molar-refractivity contribution in [2.75, 3.05) is 5.32 Å². The molecule has 2 aromatic heterocycles. The Balaban J connectivity index is 1.58. The molecule has 0 saturated heterocycles. The molecule has 0 bridgehead atoms. The van der Waals surface area contributed by atoms with Crippen LogP contribution in [0.3, 0.4) is 0 Å². The maximum atomic E-state index is 11.5. The van der Waals surface area contributed by atoms with Crippen LogP contribution < -0.4 is 10.1 Å². The molecule has 0 saturated carbocycles. The molecule has 30 heavy (non-hydrogen) atoms. The first-order valence-corrected chi connectivity index (χ1v) is 10.5. The molecule has 0 radical (unpaired) electrons. The van der Waals surface area contributed by atoms with Crippen LogP contribution >= 0.6 is 22.9 Å². The third kappa shape index (κ3) is 4.67. The average molecular weight is 436 g/mol. The zero-order chi connectivity index (χ0) is 20.9. The van der Waals surface area contributed by atoms with E-state index in [1.807, 2.05) is 42.6 Å². The van der Waals surface area contributed by atoms with Crippen LogP contribution in [0.15, 0.2) is 72.4 Å². The van der Waals surface area contributed by atoms with Gasteiger partial charge in [0.2, 0.25) is 0 Å². The Morgan fingerprint density at radius 3 is 2.73 bits per heavy atom. The largest absolute Gasteiger partial charge is 0.457 e. The Kier molecular flexibility index (Phi) is 6.07. The average Bonchev–Trinajstić information content (AvgIpc) is 3.25. The highest BCUT2D eigenvalue weighted by Gasteiger charge is 2.14. The van der Waals surface area contributed by atoms with Crippen molar-refractivity contribution in [2.45, 2.75) is 12.8 Å². The third-order valence-corrected chi connectivity index (χ3v) is 5.47. The van der Waals surface area contributed by atoms with Crippen LogP contribution in [-0.2, 0) is 4.79 Å². The third-order valence-electron chi connectivity index (χ3n) is 4.46. The number of pyridine rings is 1. The van der Waals surface area contributed by atoms with Gasteiger partial charge in [-0.1, -0.05) is 18.5 Å². The van der Waals surface area contributed by atoms with Crippen LogP contribution in [-0.4, -0.2) is 16.3 Å². The summed E-state index contributed by atoms with van der Waals surface area (Å²) in [6.45, 7) is 1.84. The van der Waals surface area contributed by atoms with Gasteiger partial charge >= 0.3 is 0 Å². The second-order valence-electron chi connectivity index (χ2n) is 6.64. The fourth-order valence-corrected chi connectivity index (χ4v) is 3.75. The van der Waals surface area contributed by atoms with E-state index in [2.05, 4.69) is 15.3 Å². The summed E-state index contributed by atoms with van der Waals surface area (Å²) >= 11 is 7.44. The van der Waals surface area contributed by atoms with Gasteiger partial charge in [-0.2, -0.15) is 0 Å². The summed E-state index contributed by atoms with van der Waals surface area (Å²) in [6, 6.07) is 16.6. The number of nitrogens with one attached hydrogen (secondary N) is 1. The molecular weight excluding hydrogens is 418 g/mol. The normalized spacial score (nSPS) is 11.7. The lowest BCUT2D eigenvalue weighted by atomic mass is 10.0. The molecule has 1 atom stereocenters. The minimum atomic E-state index is -0.323. The quantitative estimate of drug-likeness (QED) is 0.327. The van der Waals surface area contributed by atoms with Crippen molar-refractivity contribution in [1.29, 1.82) is 0 Å². The molecule has 0 aliphatic carbocycles. The van der Waals surface area contributed by atoms with Crippen molar-refractivity contribution in [3.05, 3.63) is 83.0 Å². The highest BCUT2D eigenvalue weighted by atomic mass is 35.5. The van der Waals surface area contributed by atoms with Crippen molar-refractivity contribution < 1.29 is 9.53 Å². The van der Waals surface area contributed by atoms with E-state index in [9.17, 15) is 4.79 Å². The number of aromatic nitrogens is 2. The lowest BCUT2D eigenvalue weighted by Gasteiger charge is -2.15. The van der Waals surface area contributed by atoms with Crippen molar-refractivity contribution >= 4 is 40.0 Å². The van der Waals surface area contributed by atoms with Crippen LogP contribution in [0.2, 0.25) is 5.02 Å². The zero-order valence-corrected chi connectivity index (χ0v) is 17.7. The molecule has 1 N–H and O–H groups in total. The van der Waals surface area contributed by atoms with Crippen molar-refractivity contribution in [3.63, 3.8) is 0 Å². The number of benzene rings is 2. The minimum Gasteiger partial charge on any atom is -0.457 e. The van der Waals surface area contributed by atoms with Gasteiger partial charge in [0.05, 0.1) is 5.69 Å². The standard InChI is InChI=1S/C23H18ClN3O2S/c1-15(13-28)20-11-18(6-9-22(20)29-19-7-4-17(24)5-8-19)26-23-27-21(14-30-23)16-3-2-10-25-12-16/h2-15H,1H3,(H,26,27). The summed E-state index contributed by atoms with van der Waals surface area (Å²) in [7, 11) is 0. The van der Waals surface area contributed by atoms with Gasteiger partial charge in [-0.25, -0.2) is 4.98 Å². The summed E-state index contributed by atoms with van der Waals surface area (Å²) in [6.07, 6.45) is 4.42. The molecule has 150 valence electrons. The second-order valence-corrected chi connectivity index (χ2v) is 7.93. The predicted molar refractivity (Wildman–Crippen MR) is 121 cm³/mol. The maximum absolute atomic E-state index is 11.5. The first-order valence-electron chi connectivity index (χ1n) is 9.28. The van der Waals surface area contributed by atoms with Crippen LogP contribution in [0.1, 0.15) is 18.4 Å². The smallest absolute Gasteiger partial charge is 0.187 e. The first-order chi connectivity index (χ1) is 14.6.